The first-order chi connectivity index (χ1) is 13.9. The number of rotatable bonds is 8. The van der Waals surface area contributed by atoms with E-state index < -0.39 is 0 Å². The molecule has 0 aliphatic heterocycles. The molecule has 1 heterocycles. The summed E-state index contributed by atoms with van der Waals surface area (Å²) in [5.41, 5.74) is 4.29. The molecular weight excluding hydrogens is 382 g/mol. The zero-order valence-electron chi connectivity index (χ0n) is 17.9. The highest BCUT2D eigenvalue weighted by Crippen LogP contribution is 2.32. The molecule has 0 spiro atoms. The van der Waals surface area contributed by atoms with Gasteiger partial charge in [-0.05, 0) is 70.2 Å². The Labute approximate surface area is 176 Å². The number of hydrogen-bond acceptors (Lipinski definition) is 5. The Balaban J connectivity index is 1.89. The molecule has 1 aromatic heterocycles. The van der Waals surface area contributed by atoms with Gasteiger partial charge in [0, 0.05) is 6.54 Å². The fraction of sp³-hybridized carbons (Fsp3) is 0.391. The summed E-state index contributed by atoms with van der Waals surface area (Å²) in [6.45, 7) is 5.69. The predicted octanol–water partition coefficient (Wildman–Crippen LogP) is 4.45. The number of aromatic nitrogens is 1. The van der Waals surface area contributed by atoms with Gasteiger partial charge in [-0.1, -0.05) is 35.1 Å². The quantitative estimate of drug-likeness (QED) is 0.549. The van der Waals surface area contributed by atoms with Crippen molar-refractivity contribution in [3.8, 4) is 5.75 Å². The molecule has 154 valence electrons. The van der Waals surface area contributed by atoms with Gasteiger partial charge in [0.2, 0.25) is 5.91 Å². The van der Waals surface area contributed by atoms with Crippen LogP contribution in [0.2, 0.25) is 0 Å². The van der Waals surface area contributed by atoms with Crippen molar-refractivity contribution in [2.45, 2.75) is 26.7 Å². The zero-order chi connectivity index (χ0) is 21.0. The van der Waals surface area contributed by atoms with E-state index >= 15 is 0 Å². The molecule has 0 saturated carbocycles. The largest absolute Gasteiger partial charge is 0.497 e. The lowest BCUT2D eigenvalue weighted by Gasteiger charge is -2.21. The van der Waals surface area contributed by atoms with Crippen LogP contribution in [0.15, 0.2) is 36.4 Å². The summed E-state index contributed by atoms with van der Waals surface area (Å²) in [5, 5.41) is 0.752. The molecule has 1 amide bonds. The average molecular weight is 412 g/mol. The van der Waals surface area contributed by atoms with Crippen LogP contribution in [0.4, 0.5) is 5.13 Å². The molecule has 0 aliphatic rings. The fourth-order valence-electron chi connectivity index (χ4n) is 3.26. The molecule has 0 unspecified atom stereocenters. The van der Waals surface area contributed by atoms with Gasteiger partial charge in [-0.2, -0.15) is 0 Å². The first kappa shape index (κ1) is 21.3. The van der Waals surface area contributed by atoms with Crippen LogP contribution in [-0.2, 0) is 11.2 Å². The average Bonchev–Trinajstić information content (AvgIpc) is 3.10. The Morgan fingerprint density at radius 1 is 1.10 bits per heavy atom. The molecule has 0 radical (unpaired) electrons. The monoisotopic (exact) mass is 411 g/mol. The number of anilines is 1. The van der Waals surface area contributed by atoms with Crippen LogP contribution in [0.25, 0.3) is 10.2 Å². The number of methoxy groups -OCH3 is 1. The van der Waals surface area contributed by atoms with Gasteiger partial charge in [-0.25, -0.2) is 4.98 Å². The lowest BCUT2D eigenvalue weighted by atomic mass is 10.0. The fourth-order valence-corrected chi connectivity index (χ4v) is 4.29. The summed E-state index contributed by atoms with van der Waals surface area (Å²) in [6, 6.07) is 12.1. The molecular formula is C23H29N3O2S. The highest BCUT2D eigenvalue weighted by molar-refractivity contribution is 7.22. The number of ether oxygens (including phenoxy) is 1. The van der Waals surface area contributed by atoms with Crippen LogP contribution < -0.4 is 9.64 Å². The molecule has 3 aromatic rings. The SMILES string of the molecule is COc1ccc2nc(N(CCCN(C)C)C(=O)Cc3cc(C)ccc3C)sc2c1. The van der Waals surface area contributed by atoms with Crippen molar-refractivity contribution >= 4 is 32.6 Å². The second-order valence-corrected chi connectivity index (χ2v) is 8.65. The van der Waals surface area contributed by atoms with E-state index in [1.807, 2.05) is 37.2 Å². The first-order valence-electron chi connectivity index (χ1n) is 9.83. The minimum atomic E-state index is 0.0866. The maximum atomic E-state index is 13.3. The van der Waals surface area contributed by atoms with Crippen molar-refractivity contribution in [2.75, 3.05) is 39.2 Å². The summed E-state index contributed by atoms with van der Waals surface area (Å²) < 4.78 is 6.35. The molecule has 29 heavy (non-hydrogen) atoms. The Morgan fingerprint density at radius 2 is 1.90 bits per heavy atom. The third-order valence-electron chi connectivity index (χ3n) is 4.95. The second kappa shape index (κ2) is 9.37. The predicted molar refractivity (Wildman–Crippen MR) is 121 cm³/mol. The van der Waals surface area contributed by atoms with E-state index in [4.69, 9.17) is 9.72 Å². The maximum Gasteiger partial charge on any atom is 0.233 e. The van der Waals surface area contributed by atoms with E-state index in [1.165, 1.54) is 5.56 Å². The molecule has 0 fully saturated rings. The minimum Gasteiger partial charge on any atom is -0.497 e. The molecule has 3 rings (SSSR count). The third kappa shape index (κ3) is 5.34. The Kier molecular flexibility index (Phi) is 6.87. The van der Waals surface area contributed by atoms with Crippen molar-refractivity contribution in [3.63, 3.8) is 0 Å². The normalized spacial score (nSPS) is 11.2. The Morgan fingerprint density at radius 3 is 2.62 bits per heavy atom. The molecule has 5 nitrogen and oxygen atoms in total. The first-order valence-corrected chi connectivity index (χ1v) is 10.6. The van der Waals surface area contributed by atoms with Crippen LogP contribution in [0.1, 0.15) is 23.1 Å². The minimum absolute atomic E-state index is 0.0866. The van der Waals surface area contributed by atoms with Crippen LogP contribution in [0.5, 0.6) is 5.75 Å². The summed E-state index contributed by atoms with van der Waals surface area (Å²) in [7, 11) is 5.75. The molecule has 0 aliphatic carbocycles. The van der Waals surface area contributed by atoms with E-state index in [2.05, 4.69) is 36.9 Å². The van der Waals surface area contributed by atoms with Crippen molar-refractivity contribution < 1.29 is 9.53 Å². The van der Waals surface area contributed by atoms with E-state index in [0.717, 1.165) is 45.2 Å². The van der Waals surface area contributed by atoms with Gasteiger partial charge in [0.25, 0.3) is 0 Å². The maximum absolute atomic E-state index is 13.3. The van der Waals surface area contributed by atoms with E-state index in [0.29, 0.717) is 13.0 Å². The van der Waals surface area contributed by atoms with Gasteiger partial charge in [-0.15, -0.1) is 0 Å². The number of carbonyl (C=O) groups is 1. The summed E-state index contributed by atoms with van der Waals surface area (Å²) in [6.07, 6.45) is 1.28. The van der Waals surface area contributed by atoms with Crippen molar-refractivity contribution in [3.05, 3.63) is 53.1 Å². The summed E-state index contributed by atoms with van der Waals surface area (Å²) >= 11 is 1.54. The molecule has 0 saturated heterocycles. The molecule has 6 heteroatoms. The Hall–Kier alpha value is -2.44. The van der Waals surface area contributed by atoms with Gasteiger partial charge < -0.3 is 9.64 Å². The number of carbonyl (C=O) groups excluding carboxylic acids is 1. The number of thiazole rings is 1. The number of hydrogen-bond donors (Lipinski definition) is 0. The van der Waals surface area contributed by atoms with Gasteiger partial charge in [-0.3, -0.25) is 9.69 Å². The lowest BCUT2D eigenvalue weighted by Crippen LogP contribution is -2.34. The smallest absolute Gasteiger partial charge is 0.233 e. The van der Waals surface area contributed by atoms with Crippen LogP contribution in [-0.4, -0.2) is 50.1 Å². The van der Waals surface area contributed by atoms with Gasteiger partial charge in [0.15, 0.2) is 5.13 Å². The number of benzene rings is 2. The van der Waals surface area contributed by atoms with E-state index in [-0.39, 0.29) is 5.91 Å². The van der Waals surface area contributed by atoms with E-state index in [1.54, 1.807) is 18.4 Å². The van der Waals surface area contributed by atoms with Crippen LogP contribution in [0, 0.1) is 13.8 Å². The van der Waals surface area contributed by atoms with Gasteiger partial charge in [0.05, 0.1) is 23.7 Å². The Bertz CT molecular complexity index is 997. The van der Waals surface area contributed by atoms with Crippen molar-refractivity contribution in [1.82, 2.24) is 9.88 Å². The molecule has 0 atom stereocenters. The lowest BCUT2D eigenvalue weighted by molar-refractivity contribution is -0.118. The second-order valence-electron chi connectivity index (χ2n) is 7.64. The van der Waals surface area contributed by atoms with Gasteiger partial charge >= 0.3 is 0 Å². The standard InChI is InChI=1S/C23H29N3O2S/c1-16-7-8-17(2)18(13-16)14-22(27)26(12-6-11-25(3)4)23-24-20-10-9-19(28-5)15-21(20)29-23/h7-10,13,15H,6,11-12,14H2,1-5H3. The topological polar surface area (TPSA) is 45.7 Å². The molecule has 2 aromatic carbocycles. The summed E-state index contributed by atoms with van der Waals surface area (Å²) in [5.74, 6) is 0.886. The molecule has 0 N–H and O–H groups in total. The number of fused-ring (bicyclic) bond motifs is 1. The van der Waals surface area contributed by atoms with Crippen LogP contribution in [0.3, 0.4) is 0 Å². The summed E-state index contributed by atoms with van der Waals surface area (Å²) in [4.78, 5) is 22.0. The zero-order valence-corrected chi connectivity index (χ0v) is 18.7. The number of amides is 1. The van der Waals surface area contributed by atoms with Crippen molar-refractivity contribution in [1.29, 1.82) is 0 Å². The number of nitrogens with zero attached hydrogens (tertiary/aromatic N) is 3. The van der Waals surface area contributed by atoms with Gasteiger partial charge in [0.1, 0.15) is 5.75 Å². The van der Waals surface area contributed by atoms with E-state index in [9.17, 15) is 4.79 Å². The highest BCUT2D eigenvalue weighted by Gasteiger charge is 2.21. The number of aryl methyl sites for hydroxylation is 2. The van der Waals surface area contributed by atoms with Crippen LogP contribution >= 0.6 is 11.3 Å². The van der Waals surface area contributed by atoms with Crippen molar-refractivity contribution in [2.24, 2.45) is 0 Å². The molecule has 0 bridgehead atoms. The third-order valence-corrected chi connectivity index (χ3v) is 5.99. The highest BCUT2D eigenvalue weighted by atomic mass is 32.1.